The minimum atomic E-state index is 1.21. The molecule has 0 nitrogen and oxygen atoms in total. The summed E-state index contributed by atoms with van der Waals surface area (Å²) in [6, 6.07) is 75.6. The first kappa shape index (κ1) is 30.1. The van der Waals surface area contributed by atoms with Crippen molar-refractivity contribution in [3.05, 3.63) is 206 Å². The van der Waals surface area contributed by atoms with Crippen molar-refractivity contribution in [2.24, 2.45) is 0 Å². The Bertz CT molecular complexity index is 2920. The molecule has 0 aliphatic rings. The fourth-order valence-corrected chi connectivity index (χ4v) is 8.29. The van der Waals surface area contributed by atoms with Gasteiger partial charge in [0, 0.05) is 0 Å². The highest BCUT2D eigenvalue weighted by molar-refractivity contribution is 6.23. The van der Waals surface area contributed by atoms with Crippen LogP contribution in [0.3, 0.4) is 0 Å². The van der Waals surface area contributed by atoms with E-state index in [9.17, 15) is 0 Å². The number of rotatable bonds is 5. The maximum atomic E-state index is 2.44. The van der Waals surface area contributed by atoms with Crippen molar-refractivity contribution in [2.45, 2.75) is 0 Å². The molecule has 52 heavy (non-hydrogen) atoms. The molecule has 0 bridgehead atoms. The molecule has 0 aliphatic heterocycles. The van der Waals surface area contributed by atoms with E-state index in [-0.39, 0.29) is 0 Å². The van der Waals surface area contributed by atoms with Gasteiger partial charge in [0.05, 0.1) is 0 Å². The molecule has 0 N–H and O–H groups in total. The number of hydrogen-bond donors (Lipinski definition) is 0. The molecule has 0 fully saturated rings. The van der Waals surface area contributed by atoms with E-state index in [1.54, 1.807) is 0 Å². The van der Waals surface area contributed by atoms with Crippen molar-refractivity contribution in [2.75, 3.05) is 0 Å². The third-order valence-electron chi connectivity index (χ3n) is 10.7. The molecule has 0 aromatic heterocycles. The summed E-state index contributed by atoms with van der Waals surface area (Å²) in [5.41, 5.74) is 12.4. The second-order valence-corrected chi connectivity index (χ2v) is 13.6. The molecule has 242 valence electrons. The Morgan fingerprint density at radius 2 is 0.615 bits per heavy atom. The standard InChI is InChI=1S/C52H34/c1-2-14-35(15-3-1)44-22-8-9-23-46(44)52-48-25-11-10-24-47(48)51(39-30-28-38(29-31-39)43-26-12-18-36-16-4-6-20-41(36)43)49-33-32-40(34-50(49)52)45-27-13-19-37-17-5-7-21-42(37)45/h1-34H. The molecule has 0 heterocycles. The zero-order valence-electron chi connectivity index (χ0n) is 28.6. The van der Waals surface area contributed by atoms with Gasteiger partial charge in [0.15, 0.2) is 0 Å². The molecule has 0 spiro atoms. The molecule has 0 saturated heterocycles. The SMILES string of the molecule is c1ccc(-c2ccccc2-c2c3ccccc3c(-c3ccc(-c4cccc5ccccc45)cc3)c3ccc(-c4cccc5ccccc45)cc23)cc1. The highest BCUT2D eigenvalue weighted by atomic mass is 14.2. The Hall–Kier alpha value is -6.76. The number of hydrogen-bond acceptors (Lipinski definition) is 0. The minimum absolute atomic E-state index is 1.21. The minimum Gasteiger partial charge on any atom is -0.0622 e. The van der Waals surface area contributed by atoms with Gasteiger partial charge < -0.3 is 0 Å². The Morgan fingerprint density at radius 1 is 0.192 bits per heavy atom. The summed E-state index contributed by atoms with van der Waals surface area (Å²) in [5, 5.41) is 10.1. The summed E-state index contributed by atoms with van der Waals surface area (Å²) in [5.74, 6) is 0. The Morgan fingerprint density at radius 3 is 1.29 bits per heavy atom. The van der Waals surface area contributed by atoms with Gasteiger partial charge in [-0.25, -0.2) is 0 Å². The smallest absolute Gasteiger partial charge is 0.00199 e. The monoisotopic (exact) mass is 658 g/mol. The average Bonchev–Trinajstić information content (AvgIpc) is 3.22. The van der Waals surface area contributed by atoms with Crippen LogP contribution in [-0.2, 0) is 0 Å². The van der Waals surface area contributed by atoms with Crippen LogP contribution in [-0.4, -0.2) is 0 Å². The fourth-order valence-electron chi connectivity index (χ4n) is 8.29. The third-order valence-corrected chi connectivity index (χ3v) is 10.7. The van der Waals surface area contributed by atoms with Gasteiger partial charge in [-0.05, 0) is 105 Å². The molecule has 0 atom stereocenters. The summed E-state index contributed by atoms with van der Waals surface area (Å²) in [6.07, 6.45) is 0. The van der Waals surface area contributed by atoms with Crippen LogP contribution < -0.4 is 0 Å². The molecule has 0 saturated carbocycles. The lowest BCUT2D eigenvalue weighted by Crippen LogP contribution is -1.93. The van der Waals surface area contributed by atoms with Gasteiger partial charge in [-0.15, -0.1) is 0 Å². The van der Waals surface area contributed by atoms with Crippen LogP contribution in [0.25, 0.3) is 98.7 Å². The lowest BCUT2D eigenvalue weighted by Gasteiger charge is -2.21. The zero-order valence-corrected chi connectivity index (χ0v) is 28.6. The lowest BCUT2D eigenvalue weighted by molar-refractivity contribution is 1.60. The van der Waals surface area contributed by atoms with Crippen LogP contribution in [0.1, 0.15) is 0 Å². The van der Waals surface area contributed by atoms with Gasteiger partial charge in [0.2, 0.25) is 0 Å². The molecule has 10 aromatic rings. The van der Waals surface area contributed by atoms with E-state index in [1.807, 2.05) is 0 Å². The van der Waals surface area contributed by atoms with E-state index in [0.717, 1.165) is 0 Å². The molecule has 0 unspecified atom stereocenters. The molecule has 10 aromatic carbocycles. The van der Waals surface area contributed by atoms with Crippen molar-refractivity contribution in [1.82, 2.24) is 0 Å². The molecule has 0 amide bonds. The normalized spacial score (nSPS) is 11.5. The highest BCUT2D eigenvalue weighted by Gasteiger charge is 2.20. The second-order valence-electron chi connectivity index (χ2n) is 13.6. The van der Waals surface area contributed by atoms with Gasteiger partial charge in [0.25, 0.3) is 0 Å². The molecule has 10 rings (SSSR count). The van der Waals surface area contributed by atoms with Crippen molar-refractivity contribution >= 4 is 43.1 Å². The lowest BCUT2D eigenvalue weighted by atomic mass is 9.82. The third kappa shape index (κ3) is 5.00. The Balaban J connectivity index is 1.26. The maximum absolute atomic E-state index is 2.44. The van der Waals surface area contributed by atoms with Crippen molar-refractivity contribution < 1.29 is 0 Å². The summed E-state index contributed by atoms with van der Waals surface area (Å²) in [6.45, 7) is 0. The molecule has 0 heteroatoms. The van der Waals surface area contributed by atoms with Crippen molar-refractivity contribution in [3.8, 4) is 55.6 Å². The van der Waals surface area contributed by atoms with Crippen LogP contribution >= 0.6 is 0 Å². The van der Waals surface area contributed by atoms with E-state index >= 15 is 0 Å². The van der Waals surface area contributed by atoms with Gasteiger partial charge in [-0.3, -0.25) is 0 Å². The second kappa shape index (κ2) is 12.5. The fraction of sp³-hybridized carbons (Fsp3) is 0. The molecule has 0 radical (unpaired) electrons. The van der Waals surface area contributed by atoms with Crippen LogP contribution in [0.4, 0.5) is 0 Å². The van der Waals surface area contributed by atoms with E-state index < -0.39 is 0 Å². The van der Waals surface area contributed by atoms with Crippen molar-refractivity contribution in [3.63, 3.8) is 0 Å². The number of benzene rings is 10. The summed E-state index contributed by atoms with van der Waals surface area (Å²) >= 11 is 0. The van der Waals surface area contributed by atoms with E-state index in [2.05, 4.69) is 206 Å². The maximum Gasteiger partial charge on any atom is -0.00199 e. The first-order valence-electron chi connectivity index (χ1n) is 18.0. The first-order chi connectivity index (χ1) is 25.8. The average molecular weight is 659 g/mol. The number of fused-ring (bicyclic) bond motifs is 4. The van der Waals surface area contributed by atoms with Gasteiger partial charge in [0.1, 0.15) is 0 Å². The molecular formula is C52H34. The predicted molar refractivity (Wildman–Crippen MR) is 224 cm³/mol. The van der Waals surface area contributed by atoms with E-state index in [1.165, 1.54) is 98.7 Å². The molecule has 0 aliphatic carbocycles. The van der Waals surface area contributed by atoms with Crippen LogP contribution in [0.2, 0.25) is 0 Å². The van der Waals surface area contributed by atoms with Crippen LogP contribution in [0.15, 0.2) is 206 Å². The summed E-state index contributed by atoms with van der Waals surface area (Å²) in [4.78, 5) is 0. The van der Waals surface area contributed by atoms with Crippen molar-refractivity contribution in [1.29, 1.82) is 0 Å². The predicted octanol–water partition coefficient (Wildman–Crippen LogP) is 14.6. The van der Waals surface area contributed by atoms with E-state index in [4.69, 9.17) is 0 Å². The molecular weight excluding hydrogens is 625 g/mol. The van der Waals surface area contributed by atoms with Crippen LogP contribution in [0.5, 0.6) is 0 Å². The largest absolute Gasteiger partial charge is 0.0622 e. The van der Waals surface area contributed by atoms with Gasteiger partial charge >= 0.3 is 0 Å². The van der Waals surface area contributed by atoms with Gasteiger partial charge in [-0.1, -0.05) is 200 Å². The Labute approximate surface area is 303 Å². The highest BCUT2D eigenvalue weighted by Crippen LogP contribution is 2.47. The van der Waals surface area contributed by atoms with Crippen LogP contribution in [0, 0.1) is 0 Å². The van der Waals surface area contributed by atoms with E-state index in [0.29, 0.717) is 0 Å². The first-order valence-corrected chi connectivity index (χ1v) is 18.0. The summed E-state index contributed by atoms with van der Waals surface area (Å²) < 4.78 is 0. The quantitative estimate of drug-likeness (QED) is 0.161. The topological polar surface area (TPSA) is 0 Å². The Kier molecular flexibility index (Phi) is 7.25. The summed E-state index contributed by atoms with van der Waals surface area (Å²) in [7, 11) is 0. The van der Waals surface area contributed by atoms with Gasteiger partial charge in [-0.2, -0.15) is 0 Å². The zero-order chi connectivity index (χ0) is 34.4.